The number of hydrogen-bond acceptors (Lipinski definition) is 4. The van der Waals surface area contributed by atoms with E-state index in [0.29, 0.717) is 25.0 Å². The van der Waals surface area contributed by atoms with E-state index < -0.39 is 0 Å². The highest BCUT2D eigenvalue weighted by molar-refractivity contribution is 5.78. The van der Waals surface area contributed by atoms with Gasteiger partial charge in [0.05, 0.1) is 13.2 Å². The molecule has 0 spiro atoms. The molecule has 118 valence electrons. The lowest BCUT2D eigenvalue weighted by atomic mass is 10.2. The number of aromatic nitrogens is 1. The summed E-state index contributed by atoms with van der Waals surface area (Å²) in [5.41, 5.74) is 6.53. The van der Waals surface area contributed by atoms with Gasteiger partial charge in [0.25, 0.3) is 0 Å². The predicted molar refractivity (Wildman–Crippen MR) is 84.4 cm³/mol. The van der Waals surface area contributed by atoms with Crippen molar-refractivity contribution in [1.29, 1.82) is 0 Å². The van der Waals surface area contributed by atoms with Crippen molar-refractivity contribution in [3.8, 4) is 5.88 Å². The van der Waals surface area contributed by atoms with Gasteiger partial charge in [-0.1, -0.05) is 6.07 Å². The lowest BCUT2D eigenvalue weighted by molar-refractivity contribution is 0.124. The predicted octanol–water partition coefficient (Wildman–Crippen LogP) is 1.70. The highest BCUT2D eigenvalue weighted by atomic mass is 16.5. The van der Waals surface area contributed by atoms with Gasteiger partial charge < -0.3 is 20.5 Å². The van der Waals surface area contributed by atoms with E-state index in [1.54, 1.807) is 13.3 Å². The molecule has 1 rings (SSSR count). The lowest BCUT2D eigenvalue weighted by Crippen LogP contribution is -2.40. The number of methoxy groups -OCH3 is 1. The number of rotatable bonds is 6. The van der Waals surface area contributed by atoms with Crippen LogP contribution in [0, 0.1) is 0 Å². The van der Waals surface area contributed by atoms with Crippen molar-refractivity contribution in [3.05, 3.63) is 23.9 Å². The molecule has 1 aromatic rings. The molecule has 0 aliphatic carbocycles. The maximum atomic E-state index is 5.80. The Morgan fingerprint density at radius 3 is 2.67 bits per heavy atom. The highest BCUT2D eigenvalue weighted by Crippen LogP contribution is 2.15. The van der Waals surface area contributed by atoms with Crippen LogP contribution in [0.5, 0.6) is 5.88 Å². The second-order valence-corrected chi connectivity index (χ2v) is 5.92. The molecule has 21 heavy (non-hydrogen) atoms. The maximum absolute atomic E-state index is 5.80. The first-order valence-corrected chi connectivity index (χ1v) is 6.99. The molecule has 1 aromatic heterocycles. The van der Waals surface area contributed by atoms with Gasteiger partial charge in [0.2, 0.25) is 5.88 Å². The van der Waals surface area contributed by atoms with Crippen LogP contribution in [0.3, 0.4) is 0 Å². The Hall–Kier alpha value is -1.82. The van der Waals surface area contributed by atoms with Crippen molar-refractivity contribution >= 4 is 5.96 Å². The van der Waals surface area contributed by atoms with Crippen molar-refractivity contribution in [3.63, 3.8) is 0 Å². The molecule has 0 radical (unpaired) electrons. The molecule has 1 heterocycles. The minimum Gasteiger partial charge on any atom is -0.472 e. The zero-order valence-electron chi connectivity index (χ0n) is 13.5. The van der Waals surface area contributed by atoms with Gasteiger partial charge >= 0.3 is 0 Å². The Morgan fingerprint density at radius 2 is 2.14 bits per heavy atom. The number of nitrogens with zero attached hydrogens (tertiary/aromatic N) is 2. The number of nitrogens with one attached hydrogen (secondary N) is 1. The molecule has 3 N–H and O–H groups in total. The first-order chi connectivity index (χ1) is 9.80. The van der Waals surface area contributed by atoms with Crippen LogP contribution in [-0.2, 0) is 11.3 Å². The maximum Gasteiger partial charge on any atom is 0.213 e. The second-order valence-electron chi connectivity index (χ2n) is 5.92. The summed E-state index contributed by atoms with van der Waals surface area (Å²) in [5, 5.41) is 3.05. The van der Waals surface area contributed by atoms with Crippen molar-refractivity contribution in [2.75, 3.05) is 13.7 Å². The lowest BCUT2D eigenvalue weighted by Gasteiger charge is -2.20. The van der Waals surface area contributed by atoms with Crippen LogP contribution in [0.1, 0.15) is 33.3 Å². The SMILES string of the molecule is COCC(C)NC(N)=NCc1ccc(OC(C)(C)C)nc1. The number of nitrogens with two attached hydrogens (primary N) is 1. The molecule has 6 heteroatoms. The average molecular weight is 294 g/mol. The Kier molecular flexibility index (Phi) is 6.42. The van der Waals surface area contributed by atoms with Gasteiger partial charge in [0.1, 0.15) is 5.60 Å². The quantitative estimate of drug-likeness (QED) is 0.616. The molecule has 0 aliphatic rings. The number of aliphatic imine (C=N–C) groups is 1. The minimum absolute atomic E-state index is 0.124. The third-order valence-corrected chi connectivity index (χ3v) is 2.45. The van der Waals surface area contributed by atoms with Crippen molar-refractivity contribution in [2.24, 2.45) is 10.7 Å². The largest absolute Gasteiger partial charge is 0.472 e. The Balaban J connectivity index is 2.52. The molecule has 1 unspecified atom stereocenters. The molecule has 0 fully saturated rings. The van der Waals surface area contributed by atoms with E-state index in [1.165, 1.54) is 0 Å². The molecule has 0 saturated carbocycles. The fraction of sp³-hybridized carbons (Fsp3) is 0.600. The Bertz CT molecular complexity index is 452. The topological polar surface area (TPSA) is 81.8 Å². The van der Waals surface area contributed by atoms with E-state index in [2.05, 4.69) is 15.3 Å². The number of ether oxygens (including phenoxy) is 2. The summed E-state index contributed by atoms with van der Waals surface area (Å²) in [7, 11) is 1.65. The van der Waals surface area contributed by atoms with Crippen LogP contribution < -0.4 is 15.8 Å². The van der Waals surface area contributed by atoms with Gasteiger partial charge in [-0.2, -0.15) is 0 Å². The van der Waals surface area contributed by atoms with Gasteiger partial charge in [0.15, 0.2) is 5.96 Å². The van der Waals surface area contributed by atoms with Gasteiger partial charge in [0, 0.05) is 25.4 Å². The van der Waals surface area contributed by atoms with Crippen LogP contribution in [0.2, 0.25) is 0 Å². The average Bonchev–Trinajstić information content (AvgIpc) is 2.36. The van der Waals surface area contributed by atoms with Crippen LogP contribution in [0.4, 0.5) is 0 Å². The van der Waals surface area contributed by atoms with Crippen LogP contribution in [0.25, 0.3) is 0 Å². The monoisotopic (exact) mass is 294 g/mol. The Morgan fingerprint density at radius 1 is 1.43 bits per heavy atom. The zero-order chi connectivity index (χ0) is 15.9. The fourth-order valence-electron chi connectivity index (χ4n) is 1.64. The molecular formula is C15H26N4O2. The van der Waals surface area contributed by atoms with E-state index in [0.717, 1.165) is 5.56 Å². The zero-order valence-corrected chi connectivity index (χ0v) is 13.5. The molecule has 0 bridgehead atoms. The van der Waals surface area contributed by atoms with Gasteiger partial charge in [-0.05, 0) is 33.3 Å². The Labute approximate surface area is 126 Å². The summed E-state index contributed by atoms with van der Waals surface area (Å²) in [6, 6.07) is 3.90. The van der Waals surface area contributed by atoms with E-state index in [1.807, 2.05) is 39.8 Å². The fourth-order valence-corrected chi connectivity index (χ4v) is 1.64. The summed E-state index contributed by atoms with van der Waals surface area (Å²) in [6.07, 6.45) is 1.75. The molecule has 0 saturated heterocycles. The summed E-state index contributed by atoms with van der Waals surface area (Å²) in [5.74, 6) is 1.00. The van der Waals surface area contributed by atoms with Gasteiger partial charge in [-0.25, -0.2) is 9.98 Å². The van der Waals surface area contributed by atoms with Gasteiger partial charge in [-0.15, -0.1) is 0 Å². The number of guanidine groups is 1. The van der Waals surface area contributed by atoms with Crippen molar-refractivity contribution in [1.82, 2.24) is 10.3 Å². The molecular weight excluding hydrogens is 268 g/mol. The molecule has 1 atom stereocenters. The van der Waals surface area contributed by atoms with Crippen LogP contribution in [-0.4, -0.2) is 36.3 Å². The summed E-state index contributed by atoms with van der Waals surface area (Å²) in [4.78, 5) is 8.53. The van der Waals surface area contributed by atoms with E-state index in [-0.39, 0.29) is 11.6 Å². The van der Waals surface area contributed by atoms with Gasteiger partial charge in [-0.3, -0.25) is 0 Å². The first-order valence-electron chi connectivity index (χ1n) is 6.99. The molecule has 0 aromatic carbocycles. The summed E-state index contributed by atoms with van der Waals surface area (Å²) >= 11 is 0. The summed E-state index contributed by atoms with van der Waals surface area (Å²) in [6.45, 7) is 8.99. The van der Waals surface area contributed by atoms with E-state index >= 15 is 0 Å². The third kappa shape index (κ3) is 7.51. The van der Waals surface area contributed by atoms with E-state index in [9.17, 15) is 0 Å². The minimum atomic E-state index is -0.251. The molecule has 0 amide bonds. The third-order valence-electron chi connectivity index (χ3n) is 2.45. The number of hydrogen-bond donors (Lipinski definition) is 2. The summed E-state index contributed by atoms with van der Waals surface area (Å²) < 4.78 is 10.7. The smallest absolute Gasteiger partial charge is 0.213 e. The van der Waals surface area contributed by atoms with Crippen LogP contribution in [0.15, 0.2) is 23.3 Å². The number of pyridine rings is 1. The highest BCUT2D eigenvalue weighted by Gasteiger charge is 2.12. The van der Waals surface area contributed by atoms with Crippen molar-refractivity contribution < 1.29 is 9.47 Å². The second kappa shape index (κ2) is 7.83. The molecule has 0 aliphatic heterocycles. The van der Waals surface area contributed by atoms with E-state index in [4.69, 9.17) is 15.2 Å². The first kappa shape index (κ1) is 17.2. The molecule has 6 nitrogen and oxygen atoms in total. The van der Waals surface area contributed by atoms with Crippen LogP contribution >= 0.6 is 0 Å². The standard InChI is InChI=1S/C15H26N4O2/c1-11(10-20-5)19-14(16)18-9-12-6-7-13(17-8-12)21-15(2,3)4/h6-8,11H,9-10H2,1-5H3,(H3,16,18,19). The van der Waals surface area contributed by atoms with Crippen molar-refractivity contribution in [2.45, 2.75) is 45.9 Å². The normalized spacial score (nSPS) is 13.9.